The van der Waals surface area contributed by atoms with Crippen LogP contribution in [0.5, 0.6) is 0 Å². The number of hydrogen-bond acceptors (Lipinski definition) is 6. The molecule has 0 saturated carbocycles. The van der Waals surface area contributed by atoms with E-state index in [-0.39, 0.29) is 11.5 Å². The number of aromatic nitrogens is 1. The normalized spacial score (nSPS) is 11.1. The molecular weight excluding hydrogens is 368 g/mol. The summed E-state index contributed by atoms with van der Waals surface area (Å²) in [5, 5.41) is 4.65. The number of hydrogen-bond donors (Lipinski definition) is 1. The van der Waals surface area contributed by atoms with Crippen LogP contribution < -0.4 is 10.9 Å². The maximum Gasteiger partial charge on any atom is 0.336 e. The van der Waals surface area contributed by atoms with Gasteiger partial charge in [0.1, 0.15) is 10.6 Å². The van der Waals surface area contributed by atoms with E-state index in [1.807, 2.05) is 18.2 Å². The van der Waals surface area contributed by atoms with E-state index >= 15 is 0 Å². The van der Waals surface area contributed by atoms with E-state index in [9.17, 15) is 9.59 Å². The van der Waals surface area contributed by atoms with Crippen molar-refractivity contribution < 1.29 is 9.21 Å². The van der Waals surface area contributed by atoms with Crippen LogP contribution in [-0.2, 0) is 10.5 Å². The molecule has 2 aromatic carbocycles. The number of amides is 1. The molecule has 0 saturated heterocycles. The van der Waals surface area contributed by atoms with Crippen LogP contribution in [0.1, 0.15) is 5.01 Å². The van der Waals surface area contributed by atoms with E-state index in [4.69, 9.17) is 4.42 Å². The van der Waals surface area contributed by atoms with Crippen molar-refractivity contribution >= 4 is 55.9 Å². The van der Waals surface area contributed by atoms with Crippen molar-refractivity contribution in [3.05, 3.63) is 70.0 Å². The van der Waals surface area contributed by atoms with Crippen LogP contribution in [0.15, 0.2) is 63.8 Å². The van der Waals surface area contributed by atoms with Gasteiger partial charge in [0.05, 0.1) is 16.0 Å². The van der Waals surface area contributed by atoms with E-state index in [0.29, 0.717) is 22.8 Å². The van der Waals surface area contributed by atoms with Crippen molar-refractivity contribution in [1.82, 2.24) is 4.98 Å². The van der Waals surface area contributed by atoms with Crippen molar-refractivity contribution in [1.29, 1.82) is 0 Å². The second-order valence-electron chi connectivity index (χ2n) is 5.62. The third-order valence-corrected chi connectivity index (χ3v) is 5.86. The Hall–Kier alpha value is -2.64. The molecule has 0 aliphatic rings. The summed E-state index contributed by atoms with van der Waals surface area (Å²) in [7, 11) is 0. The lowest BCUT2D eigenvalue weighted by Gasteiger charge is -2.05. The van der Waals surface area contributed by atoms with Gasteiger partial charge in [-0.25, -0.2) is 9.78 Å². The van der Waals surface area contributed by atoms with E-state index in [1.54, 1.807) is 35.6 Å². The van der Waals surface area contributed by atoms with Crippen LogP contribution in [0, 0.1) is 0 Å². The van der Waals surface area contributed by atoms with Gasteiger partial charge in [0.25, 0.3) is 0 Å². The fraction of sp³-hybridized carbons (Fsp3) is 0.105. The molecule has 0 atom stereocenters. The number of carbonyl (C=O) groups excluding carboxylic acids is 1. The zero-order chi connectivity index (χ0) is 17.9. The first-order valence-corrected chi connectivity index (χ1v) is 9.90. The summed E-state index contributed by atoms with van der Waals surface area (Å²) in [6.45, 7) is 0. The van der Waals surface area contributed by atoms with Gasteiger partial charge < -0.3 is 9.73 Å². The Morgan fingerprint density at radius 3 is 2.92 bits per heavy atom. The highest BCUT2D eigenvalue weighted by Crippen LogP contribution is 2.25. The molecule has 0 bridgehead atoms. The van der Waals surface area contributed by atoms with Gasteiger partial charge in [0, 0.05) is 22.9 Å². The zero-order valence-electron chi connectivity index (χ0n) is 13.6. The highest BCUT2D eigenvalue weighted by molar-refractivity contribution is 7.99. The van der Waals surface area contributed by atoms with Crippen molar-refractivity contribution in [2.24, 2.45) is 0 Å². The van der Waals surface area contributed by atoms with Crippen molar-refractivity contribution in [3.63, 3.8) is 0 Å². The van der Waals surface area contributed by atoms with E-state index in [1.165, 1.54) is 17.8 Å². The molecular formula is C19H14N2O3S2. The summed E-state index contributed by atoms with van der Waals surface area (Å²) >= 11 is 3.19. The van der Waals surface area contributed by atoms with Crippen LogP contribution in [0.4, 0.5) is 5.69 Å². The highest BCUT2D eigenvalue weighted by atomic mass is 32.2. The summed E-state index contributed by atoms with van der Waals surface area (Å²) in [6.07, 6.45) is 0. The number of thioether (sulfide) groups is 1. The van der Waals surface area contributed by atoms with Gasteiger partial charge in [0.2, 0.25) is 5.91 Å². The van der Waals surface area contributed by atoms with Gasteiger partial charge in [-0.1, -0.05) is 12.1 Å². The Bertz CT molecular complexity index is 1120. The first kappa shape index (κ1) is 16.8. The molecule has 1 amide bonds. The standard InChI is InChI=1S/C19H14N2O3S2/c22-17(10-25-11-18-21-14-3-1-2-4-16(14)26-18)20-13-6-7-15-12(9-13)5-8-19(23)24-15/h1-9H,10-11H2,(H,20,22). The van der Waals surface area contributed by atoms with Crippen LogP contribution in [0.2, 0.25) is 0 Å². The van der Waals surface area contributed by atoms with Gasteiger partial charge in [-0.2, -0.15) is 0 Å². The minimum Gasteiger partial charge on any atom is -0.423 e. The lowest BCUT2D eigenvalue weighted by atomic mass is 10.2. The molecule has 0 radical (unpaired) electrons. The number of fused-ring (bicyclic) bond motifs is 2. The summed E-state index contributed by atoms with van der Waals surface area (Å²) in [4.78, 5) is 27.9. The summed E-state index contributed by atoms with van der Waals surface area (Å²) in [5.41, 5.74) is 1.79. The van der Waals surface area contributed by atoms with Gasteiger partial charge in [-0.15, -0.1) is 23.1 Å². The maximum atomic E-state index is 12.1. The molecule has 2 heterocycles. The number of nitrogens with zero attached hydrogens (tertiary/aromatic N) is 1. The SMILES string of the molecule is O=C(CSCc1nc2ccccc2s1)Nc1ccc2oc(=O)ccc2c1. The number of carbonyl (C=O) groups is 1. The van der Waals surface area contributed by atoms with Gasteiger partial charge in [-0.05, 0) is 36.4 Å². The second kappa shape index (κ2) is 7.31. The van der Waals surface area contributed by atoms with E-state index in [0.717, 1.165) is 20.6 Å². The lowest BCUT2D eigenvalue weighted by molar-refractivity contribution is -0.113. The largest absolute Gasteiger partial charge is 0.423 e. The van der Waals surface area contributed by atoms with Crippen LogP contribution in [0.3, 0.4) is 0 Å². The smallest absolute Gasteiger partial charge is 0.336 e. The molecule has 26 heavy (non-hydrogen) atoms. The van der Waals surface area contributed by atoms with Crippen LogP contribution in [-0.4, -0.2) is 16.6 Å². The van der Waals surface area contributed by atoms with Gasteiger partial charge in [-0.3, -0.25) is 4.79 Å². The third-order valence-electron chi connectivity index (χ3n) is 3.70. The first-order chi connectivity index (χ1) is 12.7. The van der Waals surface area contributed by atoms with Crippen molar-refractivity contribution in [2.45, 2.75) is 5.75 Å². The van der Waals surface area contributed by atoms with Gasteiger partial charge >= 0.3 is 5.63 Å². The predicted molar refractivity (Wildman–Crippen MR) is 107 cm³/mol. The number of para-hydroxylation sites is 1. The number of anilines is 1. The molecule has 0 spiro atoms. The quantitative estimate of drug-likeness (QED) is 0.522. The Balaban J connectivity index is 1.35. The molecule has 5 nitrogen and oxygen atoms in total. The van der Waals surface area contributed by atoms with Crippen molar-refractivity contribution in [3.8, 4) is 0 Å². The molecule has 0 aliphatic heterocycles. The number of nitrogens with one attached hydrogen (secondary N) is 1. The molecule has 4 rings (SSSR count). The number of rotatable bonds is 5. The fourth-order valence-electron chi connectivity index (χ4n) is 2.56. The summed E-state index contributed by atoms with van der Waals surface area (Å²) in [6, 6.07) is 16.3. The molecule has 0 fully saturated rings. The summed E-state index contributed by atoms with van der Waals surface area (Å²) < 4.78 is 6.24. The van der Waals surface area contributed by atoms with Crippen LogP contribution in [0.25, 0.3) is 21.2 Å². The molecule has 0 unspecified atom stereocenters. The minimum absolute atomic E-state index is 0.0761. The average Bonchev–Trinajstić information content (AvgIpc) is 3.04. The minimum atomic E-state index is -0.388. The lowest BCUT2D eigenvalue weighted by Crippen LogP contribution is -2.14. The topological polar surface area (TPSA) is 72.2 Å². The highest BCUT2D eigenvalue weighted by Gasteiger charge is 2.07. The Morgan fingerprint density at radius 1 is 1.15 bits per heavy atom. The maximum absolute atomic E-state index is 12.1. The fourth-order valence-corrected chi connectivity index (χ4v) is 4.41. The van der Waals surface area contributed by atoms with E-state index < -0.39 is 0 Å². The number of benzene rings is 2. The van der Waals surface area contributed by atoms with Crippen LogP contribution >= 0.6 is 23.1 Å². The Labute approximate surface area is 157 Å². The molecule has 7 heteroatoms. The Morgan fingerprint density at radius 2 is 2.04 bits per heavy atom. The molecule has 4 aromatic rings. The average molecular weight is 382 g/mol. The van der Waals surface area contributed by atoms with Gasteiger partial charge in [0.15, 0.2) is 0 Å². The molecule has 0 aliphatic carbocycles. The zero-order valence-corrected chi connectivity index (χ0v) is 15.2. The monoisotopic (exact) mass is 382 g/mol. The molecule has 130 valence electrons. The third kappa shape index (κ3) is 3.79. The first-order valence-electron chi connectivity index (χ1n) is 7.93. The predicted octanol–water partition coefficient (Wildman–Crippen LogP) is 4.27. The van der Waals surface area contributed by atoms with E-state index in [2.05, 4.69) is 16.4 Å². The second-order valence-corrected chi connectivity index (χ2v) is 7.72. The van der Waals surface area contributed by atoms with Crippen molar-refractivity contribution in [2.75, 3.05) is 11.1 Å². The number of thiazole rings is 1. The summed E-state index contributed by atoms with van der Waals surface area (Å²) in [5.74, 6) is 0.973. The Kier molecular flexibility index (Phi) is 4.73. The molecule has 2 aromatic heterocycles. The molecule has 1 N–H and O–H groups in total.